The van der Waals surface area contributed by atoms with Crippen LogP contribution in [0.5, 0.6) is 5.75 Å². The van der Waals surface area contributed by atoms with Gasteiger partial charge in [0.25, 0.3) is 5.91 Å². The molecule has 0 aliphatic heterocycles. The molecule has 0 bridgehead atoms. The molecule has 1 aromatic carbocycles. The fraction of sp³-hybridized carbons (Fsp3) is 0.200. The molecule has 0 saturated carbocycles. The highest BCUT2D eigenvalue weighted by Crippen LogP contribution is 2.28. The molecule has 0 aliphatic rings. The normalized spacial score (nSPS) is 10.5. The van der Waals surface area contributed by atoms with Crippen molar-refractivity contribution in [3.8, 4) is 16.9 Å². The van der Waals surface area contributed by atoms with Crippen LogP contribution in [-0.2, 0) is 6.54 Å². The van der Waals surface area contributed by atoms with E-state index < -0.39 is 0 Å². The third-order valence-corrected chi connectivity index (χ3v) is 5.23. The van der Waals surface area contributed by atoms with E-state index in [-0.39, 0.29) is 5.91 Å². The average molecular weight is 402 g/mol. The van der Waals surface area contributed by atoms with E-state index >= 15 is 0 Å². The number of anilines is 1. The Labute approximate surface area is 167 Å². The topological polar surface area (TPSA) is 54.5 Å². The predicted molar refractivity (Wildman–Crippen MR) is 111 cm³/mol. The summed E-state index contributed by atoms with van der Waals surface area (Å²) in [7, 11) is 5.05. The highest BCUT2D eigenvalue weighted by atomic mass is 35.5. The van der Waals surface area contributed by atoms with Crippen molar-refractivity contribution in [3.05, 3.63) is 63.4 Å². The molecule has 27 heavy (non-hydrogen) atoms. The van der Waals surface area contributed by atoms with Crippen LogP contribution in [0.2, 0.25) is 5.02 Å². The smallest absolute Gasteiger partial charge is 0.254 e. The first kappa shape index (κ1) is 19.2. The minimum atomic E-state index is -0.127. The van der Waals surface area contributed by atoms with Gasteiger partial charge in [0.2, 0.25) is 0 Å². The molecule has 7 heteroatoms. The van der Waals surface area contributed by atoms with Crippen LogP contribution in [0.15, 0.2) is 48.0 Å². The molecule has 140 valence electrons. The summed E-state index contributed by atoms with van der Waals surface area (Å²) in [5.74, 6) is 1.28. The van der Waals surface area contributed by atoms with Gasteiger partial charge >= 0.3 is 0 Å². The minimum Gasteiger partial charge on any atom is -0.497 e. The summed E-state index contributed by atoms with van der Waals surface area (Å²) in [5, 5.41) is 5.77. The van der Waals surface area contributed by atoms with Crippen molar-refractivity contribution in [1.29, 1.82) is 0 Å². The summed E-state index contributed by atoms with van der Waals surface area (Å²) in [6.07, 6.45) is 1.54. The quantitative estimate of drug-likeness (QED) is 0.645. The van der Waals surface area contributed by atoms with Gasteiger partial charge in [-0.3, -0.25) is 4.79 Å². The number of rotatable bonds is 6. The summed E-state index contributed by atoms with van der Waals surface area (Å²) in [5.41, 5.74) is 2.76. The number of nitrogens with zero attached hydrogens (tertiary/aromatic N) is 2. The molecule has 0 aliphatic carbocycles. The number of amides is 1. The van der Waals surface area contributed by atoms with Crippen molar-refractivity contribution in [2.45, 2.75) is 6.54 Å². The molecule has 0 saturated heterocycles. The van der Waals surface area contributed by atoms with Gasteiger partial charge in [-0.2, -0.15) is 0 Å². The maximum absolute atomic E-state index is 12.0. The SMILES string of the molecule is COc1ccc(-c2csc(CNc3ncc(C(=O)N(C)C)cc3Cl)c2)cc1. The average Bonchev–Trinajstić information content (AvgIpc) is 3.15. The molecular formula is C20H20ClN3O2S. The first-order valence-corrected chi connectivity index (χ1v) is 9.56. The fourth-order valence-electron chi connectivity index (χ4n) is 2.52. The largest absolute Gasteiger partial charge is 0.497 e. The summed E-state index contributed by atoms with van der Waals surface area (Å²) in [4.78, 5) is 18.9. The summed E-state index contributed by atoms with van der Waals surface area (Å²) >= 11 is 7.94. The van der Waals surface area contributed by atoms with Crippen LogP contribution < -0.4 is 10.1 Å². The van der Waals surface area contributed by atoms with E-state index in [4.69, 9.17) is 16.3 Å². The van der Waals surface area contributed by atoms with E-state index in [0.717, 1.165) is 21.8 Å². The first-order chi connectivity index (χ1) is 13.0. The number of ether oxygens (including phenoxy) is 1. The van der Waals surface area contributed by atoms with Crippen LogP contribution in [0.25, 0.3) is 11.1 Å². The van der Waals surface area contributed by atoms with E-state index in [1.807, 2.05) is 24.3 Å². The lowest BCUT2D eigenvalue weighted by Gasteiger charge is -2.11. The van der Waals surface area contributed by atoms with Gasteiger partial charge in [0.1, 0.15) is 11.6 Å². The zero-order chi connectivity index (χ0) is 19.4. The maximum Gasteiger partial charge on any atom is 0.254 e. The molecule has 3 rings (SSSR count). The number of halogens is 1. The second-order valence-electron chi connectivity index (χ2n) is 6.14. The fourth-order valence-corrected chi connectivity index (χ4v) is 3.59. The highest BCUT2D eigenvalue weighted by Gasteiger charge is 2.12. The molecule has 5 nitrogen and oxygen atoms in total. The molecule has 0 fully saturated rings. The van der Waals surface area contributed by atoms with E-state index in [9.17, 15) is 4.79 Å². The Morgan fingerprint density at radius 2 is 1.96 bits per heavy atom. The van der Waals surface area contributed by atoms with Gasteiger partial charge in [0.15, 0.2) is 0 Å². The van der Waals surface area contributed by atoms with Crippen molar-refractivity contribution < 1.29 is 9.53 Å². The Bertz CT molecular complexity index is 939. The lowest BCUT2D eigenvalue weighted by atomic mass is 10.1. The van der Waals surface area contributed by atoms with Gasteiger partial charge in [0.05, 0.1) is 24.2 Å². The standard InChI is InChI=1S/C20H20ClN3O2S/c1-24(2)20(25)14-9-18(21)19(22-10-14)23-11-17-8-15(12-27-17)13-4-6-16(26-3)7-5-13/h4-10,12H,11H2,1-3H3,(H,22,23). The van der Waals surface area contributed by atoms with Crippen molar-refractivity contribution >= 4 is 34.7 Å². The van der Waals surface area contributed by atoms with Crippen molar-refractivity contribution in [2.24, 2.45) is 0 Å². The van der Waals surface area contributed by atoms with Gasteiger partial charge in [0, 0.05) is 25.2 Å². The summed E-state index contributed by atoms with van der Waals surface area (Å²) in [6, 6.07) is 11.7. The number of carbonyl (C=O) groups is 1. The maximum atomic E-state index is 12.0. The first-order valence-electron chi connectivity index (χ1n) is 8.31. The predicted octanol–water partition coefficient (Wildman–Crippen LogP) is 4.79. The van der Waals surface area contributed by atoms with E-state index in [1.54, 1.807) is 38.6 Å². The van der Waals surface area contributed by atoms with Crippen LogP contribution in [0.1, 0.15) is 15.2 Å². The van der Waals surface area contributed by atoms with E-state index in [2.05, 4.69) is 21.7 Å². The van der Waals surface area contributed by atoms with Crippen molar-refractivity contribution in [3.63, 3.8) is 0 Å². The second kappa shape index (κ2) is 8.41. The van der Waals surface area contributed by atoms with Gasteiger partial charge in [-0.1, -0.05) is 23.7 Å². The van der Waals surface area contributed by atoms with Crippen molar-refractivity contribution in [2.75, 3.05) is 26.5 Å². The van der Waals surface area contributed by atoms with Gasteiger partial charge < -0.3 is 15.0 Å². The van der Waals surface area contributed by atoms with E-state index in [0.29, 0.717) is 22.9 Å². The number of aromatic nitrogens is 1. The number of hydrogen-bond donors (Lipinski definition) is 1. The van der Waals surface area contributed by atoms with Gasteiger partial charge in [-0.05, 0) is 40.8 Å². The number of thiophene rings is 1. The molecule has 1 amide bonds. The van der Waals surface area contributed by atoms with Crippen molar-refractivity contribution in [1.82, 2.24) is 9.88 Å². The monoisotopic (exact) mass is 401 g/mol. The Morgan fingerprint density at radius 3 is 2.59 bits per heavy atom. The lowest BCUT2D eigenvalue weighted by Crippen LogP contribution is -2.21. The second-order valence-corrected chi connectivity index (χ2v) is 7.54. The zero-order valence-electron chi connectivity index (χ0n) is 15.3. The number of carbonyl (C=O) groups excluding carboxylic acids is 1. The molecule has 2 heterocycles. The minimum absolute atomic E-state index is 0.127. The van der Waals surface area contributed by atoms with Gasteiger partial charge in [-0.25, -0.2) is 4.98 Å². The third-order valence-electron chi connectivity index (χ3n) is 4.00. The Balaban J connectivity index is 1.67. The Morgan fingerprint density at radius 1 is 1.22 bits per heavy atom. The molecule has 3 aromatic rings. The molecule has 0 spiro atoms. The van der Waals surface area contributed by atoms with Crippen LogP contribution >= 0.6 is 22.9 Å². The van der Waals surface area contributed by atoms with Crippen LogP contribution in [0.4, 0.5) is 5.82 Å². The van der Waals surface area contributed by atoms with Crippen LogP contribution in [-0.4, -0.2) is 37.0 Å². The summed E-state index contributed by atoms with van der Waals surface area (Å²) in [6.45, 7) is 0.606. The molecular weight excluding hydrogens is 382 g/mol. The zero-order valence-corrected chi connectivity index (χ0v) is 16.9. The third kappa shape index (κ3) is 4.59. The molecule has 0 atom stereocenters. The number of benzene rings is 1. The number of nitrogens with one attached hydrogen (secondary N) is 1. The number of pyridine rings is 1. The molecule has 2 aromatic heterocycles. The Kier molecular flexibility index (Phi) is 5.98. The Hall–Kier alpha value is -2.57. The highest BCUT2D eigenvalue weighted by molar-refractivity contribution is 7.10. The molecule has 0 radical (unpaired) electrons. The van der Waals surface area contributed by atoms with Crippen LogP contribution in [0.3, 0.4) is 0 Å². The molecule has 0 unspecified atom stereocenters. The number of methoxy groups -OCH3 is 1. The number of hydrogen-bond acceptors (Lipinski definition) is 5. The van der Waals surface area contributed by atoms with Gasteiger partial charge in [-0.15, -0.1) is 11.3 Å². The lowest BCUT2D eigenvalue weighted by molar-refractivity contribution is 0.0827. The molecule has 1 N–H and O–H groups in total. The van der Waals surface area contributed by atoms with Crippen LogP contribution in [0, 0.1) is 0 Å². The van der Waals surface area contributed by atoms with E-state index in [1.165, 1.54) is 11.1 Å². The summed E-state index contributed by atoms with van der Waals surface area (Å²) < 4.78 is 5.19.